The first-order valence-electron chi connectivity index (χ1n) is 8.57. The van der Waals surface area contributed by atoms with Crippen molar-refractivity contribution < 1.29 is 23.8 Å². The number of amides is 1. The zero-order valence-electron chi connectivity index (χ0n) is 15.4. The number of hydrazone groups is 1. The molecule has 1 amide bonds. The Labute approximate surface area is 171 Å². The lowest BCUT2D eigenvalue weighted by Crippen LogP contribution is -2.24. The second-order valence-corrected chi connectivity index (χ2v) is 6.51. The molecule has 0 saturated carbocycles. The molecule has 0 spiro atoms. The number of hydrogen-bond donors (Lipinski definition) is 2. The minimum absolute atomic E-state index is 0.0170. The third kappa shape index (κ3) is 5.46. The number of furan rings is 1. The number of carboxylic acid groups (broad SMARTS) is 1. The number of aromatic carboxylic acids is 1. The fraction of sp³-hybridized carbons (Fsp3) is 0.0952. The Balaban J connectivity index is 1.57. The normalized spacial score (nSPS) is 10.8. The fourth-order valence-corrected chi connectivity index (χ4v) is 2.67. The number of carbonyl (C=O) groups is 2. The molecule has 3 rings (SSSR count). The second-order valence-electron chi connectivity index (χ2n) is 6.10. The molecule has 7 nitrogen and oxygen atoms in total. The van der Waals surface area contributed by atoms with Crippen LogP contribution in [-0.2, 0) is 4.79 Å². The number of nitrogens with zero attached hydrogens (tertiary/aromatic N) is 1. The Morgan fingerprint density at radius 1 is 1.21 bits per heavy atom. The largest absolute Gasteiger partial charge is 0.484 e. The quantitative estimate of drug-likeness (QED) is 0.448. The molecule has 8 heteroatoms. The average molecular weight is 413 g/mol. The van der Waals surface area contributed by atoms with Crippen molar-refractivity contribution in [1.82, 2.24) is 5.43 Å². The molecule has 29 heavy (non-hydrogen) atoms. The predicted molar refractivity (Wildman–Crippen MR) is 109 cm³/mol. The summed E-state index contributed by atoms with van der Waals surface area (Å²) < 4.78 is 11.0. The molecule has 0 aliphatic heterocycles. The summed E-state index contributed by atoms with van der Waals surface area (Å²) in [6.07, 6.45) is 1.34. The highest BCUT2D eigenvalue weighted by atomic mass is 35.5. The summed E-state index contributed by atoms with van der Waals surface area (Å²) >= 11 is 5.87. The van der Waals surface area contributed by atoms with Crippen LogP contribution in [0.15, 0.2) is 64.1 Å². The van der Waals surface area contributed by atoms with Gasteiger partial charge in [-0.1, -0.05) is 23.7 Å². The molecular formula is C21H17ClN2O5. The van der Waals surface area contributed by atoms with Crippen molar-refractivity contribution in [3.8, 4) is 17.1 Å². The van der Waals surface area contributed by atoms with E-state index in [-0.39, 0.29) is 17.2 Å². The van der Waals surface area contributed by atoms with Crippen molar-refractivity contribution in [3.05, 3.63) is 76.5 Å². The smallest absolute Gasteiger partial charge is 0.337 e. The molecule has 0 atom stereocenters. The number of halogens is 1. The number of carboxylic acids is 1. The maximum Gasteiger partial charge on any atom is 0.337 e. The highest BCUT2D eigenvalue weighted by Gasteiger charge is 2.12. The number of rotatable bonds is 7. The Hall–Kier alpha value is -3.58. The standard InChI is InChI=1S/C21H17ClN2O5/c1-13-3-2-4-15(9-13)28-12-20(25)24-23-11-16-6-8-19(29-16)14-5-7-18(22)17(10-14)21(26)27/h2-11H,12H2,1H3,(H,24,25)(H,26,27)/b23-11-. The molecule has 3 aromatic rings. The number of carbonyl (C=O) groups excluding carboxylic acids is 1. The summed E-state index contributed by atoms with van der Waals surface area (Å²) in [5, 5.41) is 13.1. The molecule has 1 aromatic heterocycles. The maximum atomic E-state index is 11.8. The van der Waals surface area contributed by atoms with Crippen LogP contribution in [0, 0.1) is 6.92 Å². The number of hydrogen-bond acceptors (Lipinski definition) is 5. The van der Waals surface area contributed by atoms with Gasteiger partial charge in [-0.3, -0.25) is 4.79 Å². The van der Waals surface area contributed by atoms with Gasteiger partial charge in [0.1, 0.15) is 17.3 Å². The van der Waals surface area contributed by atoms with Crippen molar-refractivity contribution in [2.45, 2.75) is 6.92 Å². The first-order chi connectivity index (χ1) is 13.9. The van der Waals surface area contributed by atoms with E-state index in [1.54, 1.807) is 24.3 Å². The van der Waals surface area contributed by atoms with Crippen molar-refractivity contribution in [2.75, 3.05) is 6.61 Å². The van der Waals surface area contributed by atoms with Crippen LogP contribution in [0.2, 0.25) is 5.02 Å². The molecule has 0 aliphatic carbocycles. The van der Waals surface area contributed by atoms with E-state index < -0.39 is 11.9 Å². The monoisotopic (exact) mass is 412 g/mol. The van der Waals surface area contributed by atoms with E-state index in [2.05, 4.69) is 10.5 Å². The topological polar surface area (TPSA) is 101 Å². The third-order valence-electron chi connectivity index (χ3n) is 3.85. The van der Waals surface area contributed by atoms with Gasteiger partial charge in [-0.2, -0.15) is 5.10 Å². The van der Waals surface area contributed by atoms with Crippen molar-refractivity contribution in [2.24, 2.45) is 5.10 Å². The molecule has 148 valence electrons. The lowest BCUT2D eigenvalue weighted by atomic mass is 10.1. The predicted octanol–water partition coefficient (Wildman–Crippen LogP) is 4.14. The van der Waals surface area contributed by atoms with Crippen LogP contribution in [0.1, 0.15) is 21.7 Å². The molecule has 0 aliphatic rings. The summed E-state index contributed by atoms with van der Waals surface area (Å²) in [4.78, 5) is 23.0. The summed E-state index contributed by atoms with van der Waals surface area (Å²) in [5.41, 5.74) is 3.92. The zero-order valence-corrected chi connectivity index (χ0v) is 16.1. The molecule has 2 aromatic carbocycles. The van der Waals surface area contributed by atoms with Crippen LogP contribution in [0.5, 0.6) is 5.75 Å². The van der Waals surface area contributed by atoms with Gasteiger partial charge in [0.25, 0.3) is 5.91 Å². The van der Waals surface area contributed by atoms with Crippen LogP contribution in [0.4, 0.5) is 0 Å². The van der Waals surface area contributed by atoms with E-state index >= 15 is 0 Å². The van der Waals surface area contributed by atoms with Crippen LogP contribution >= 0.6 is 11.6 Å². The molecular weight excluding hydrogens is 396 g/mol. The van der Waals surface area contributed by atoms with Crippen molar-refractivity contribution >= 4 is 29.7 Å². The highest BCUT2D eigenvalue weighted by Crippen LogP contribution is 2.26. The van der Waals surface area contributed by atoms with Crippen molar-refractivity contribution in [3.63, 3.8) is 0 Å². The van der Waals surface area contributed by atoms with E-state index in [4.69, 9.17) is 25.9 Å². The van der Waals surface area contributed by atoms with Crippen LogP contribution in [0.25, 0.3) is 11.3 Å². The highest BCUT2D eigenvalue weighted by molar-refractivity contribution is 6.33. The van der Waals surface area contributed by atoms with Crippen LogP contribution < -0.4 is 10.2 Å². The first kappa shape index (κ1) is 20.2. The average Bonchev–Trinajstić information content (AvgIpc) is 3.15. The molecule has 0 fully saturated rings. The molecule has 0 bridgehead atoms. The molecule has 1 heterocycles. The summed E-state index contributed by atoms with van der Waals surface area (Å²) in [6, 6.07) is 15.2. The van der Waals surface area contributed by atoms with Gasteiger partial charge in [0.2, 0.25) is 0 Å². The van der Waals surface area contributed by atoms with Crippen LogP contribution in [-0.4, -0.2) is 29.8 Å². The number of ether oxygens (including phenoxy) is 1. The number of benzene rings is 2. The first-order valence-corrected chi connectivity index (χ1v) is 8.94. The Morgan fingerprint density at radius 2 is 2.03 bits per heavy atom. The van der Waals surface area contributed by atoms with Gasteiger partial charge >= 0.3 is 5.97 Å². The van der Waals surface area contributed by atoms with E-state index in [0.717, 1.165) is 5.56 Å². The Morgan fingerprint density at radius 3 is 2.79 bits per heavy atom. The lowest BCUT2D eigenvalue weighted by Gasteiger charge is -2.05. The molecule has 2 N–H and O–H groups in total. The number of aryl methyl sites for hydroxylation is 1. The fourth-order valence-electron chi connectivity index (χ4n) is 2.47. The van der Waals surface area contributed by atoms with E-state index in [9.17, 15) is 9.59 Å². The van der Waals surface area contributed by atoms with Gasteiger partial charge in [-0.05, 0) is 55.0 Å². The second kappa shape index (κ2) is 9.07. The van der Waals surface area contributed by atoms with Gasteiger partial charge in [0, 0.05) is 5.56 Å². The van der Waals surface area contributed by atoms with Gasteiger partial charge in [0.15, 0.2) is 6.61 Å². The van der Waals surface area contributed by atoms with E-state index in [1.165, 1.54) is 18.3 Å². The SMILES string of the molecule is Cc1cccc(OCC(=O)N/N=C\c2ccc(-c3ccc(Cl)c(C(=O)O)c3)o2)c1. The molecule has 0 radical (unpaired) electrons. The minimum atomic E-state index is -1.12. The van der Waals surface area contributed by atoms with Gasteiger partial charge < -0.3 is 14.3 Å². The lowest BCUT2D eigenvalue weighted by molar-refractivity contribution is -0.123. The summed E-state index contributed by atoms with van der Waals surface area (Å²) in [7, 11) is 0. The summed E-state index contributed by atoms with van der Waals surface area (Å²) in [5.74, 6) is -0.117. The molecule has 0 saturated heterocycles. The summed E-state index contributed by atoms with van der Waals surface area (Å²) in [6.45, 7) is 1.76. The van der Waals surface area contributed by atoms with Gasteiger partial charge in [-0.15, -0.1) is 0 Å². The minimum Gasteiger partial charge on any atom is -0.484 e. The third-order valence-corrected chi connectivity index (χ3v) is 4.18. The number of nitrogens with one attached hydrogen (secondary N) is 1. The maximum absolute atomic E-state index is 11.8. The van der Waals surface area contributed by atoms with Gasteiger partial charge in [-0.25, -0.2) is 10.2 Å². The Bertz CT molecular complexity index is 1070. The van der Waals surface area contributed by atoms with E-state index in [1.807, 2.05) is 25.1 Å². The zero-order chi connectivity index (χ0) is 20.8. The van der Waals surface area contributed by atoms with Gasteiger partial charge in [0.05, 0.1) is 16.8 Å². The van der Waals surface area contributed by atoms with Crippen LogP contribution in [0.3, 0.4) is 0 Å². The molecule has 0 unspecified atom stereocenters. The van der Waals surface area contributed by atoms with Crippen molar-refractivity contribution in [1.29, 1.82) is 0 Å². The van der Waals surface area contributed by atoms with E-state index in [0.29, 0.717) is 22.8 Å². The Kier molecular flexibility index (Phi) is 6.31.